The number of hydrogen-bond acceptors (Lipinski definition) is 7. The highest BCUT2D eigenvalue weighted by molar-refractivity contribution is 5.95. The van der Waals surface area contributed by atoms with E-state index in [-0.39, 0.29) is 29.6 Å². The summed E-state index contributed by atoms with van der Waals surface area (Å²) >= 11 is 0. The van der Waals surface area contributed by atoms with E-state index < -0.39 is 22.8 Å². The predicted octanol–water partition coefficient (Wildman–Crippen LogP) is 1.15. The van der Waals surface area contributed by atoms with Gasteiger partial charge in [0.15, 0.2) is 0 Å². The molecule has 2 unspecified atom stereocenters. The maximum atomic E-state index is 12.2. The van der Waals surface area contributed by atoms with Gasteiger partial charge in [-0.2, -0.15) is 0 Å². The molecule has 1 heterocycles. The number of aliphatic carboxylic acids is 1. The van der Waals surface area contributed by atoms with Crippen LogP contribution in [0.15, 0.2) is 18.2 Å². The molecule has 1 aliphatic heterocycles. The van der Waals surface area contributed by atoms with Crippen molar-refractivity contribution in [2.45, 2.75) is 31.4 Å². The molecule has 1 aromatic carbocycles. The molecule has 1 aliphatic rings. The zero-order valence-corrected chi connectivity index (χ0v) is 14.3. The molecule has 0 aliphatic carbocycles. The summed E-state index contributed by atoms with van der Waals surface area (Å²) in [7, 11) is 1.36. The second-order valence-electron chi connectivity index (χ2n) is 5.83. The number of non-ortho nitro benzene ring substituents is 1. The van der Waals surface area contributed by atoms with E-state index in [1.54, 1.807) is 0 Å². The number of nitrogens with one attached hydrogen (secondary N) is 2. The maximum absolute atomic E-state index is 12.2. The molecule has 10 nitrogen and oxygen atoms in total. The number of rotatable bonds is 9. The Kier molecular flexibility index (Phi) is 6.87. The van der Waals surface area contributed by atoms with Crippen LogP contribution in [0.25, 0.3) is 0 Å². The van der Waals surface area contributed by atoms with Crippen molar-refractivity contribution in [1.29, 1.82) is 0 Å². The van der Waals surface area contributed by atoms with Crippen molar-refractivity contribution in [1.82, 2.24) is 5.32 Å². The van der Waals surface area contributed by atoms with Crippen molar-refractivity contribution in [3.63, 3.8) is 0 Å². The zero-order valence-electron chi connectivity index (χ0n) is 14.3. The summed E-state index contributed by atoms with van der Waals surface area (Å²) < 4.78 is 10.5. The largest absolute Gasteiger partial charge is 0.495 e. The van der Waals surface area contributed by atoms with Gasteiger partial charge in [0.2, 0.25) is 5.91 Å². The third-order valence-corrected chi connectivity index (χ3v) is 3.97. The Labute approximate surface area is 149 Å². The van der Waals surface area contributed by atoms with Crippen LogP contribution in [0.4, 0.5) is 11.4 Å². The van der Waals surface area contributed by atoms with E-state index in [4.69, 9.17) is 9.47 Å². The van der Waals surface area contributed by atoms with Gasteiger partial charge in [0.25, 0.3) is 5.69 Å². The van der Waals surface area contributed by atoms with Crippen molar-refractivity contribution in [3.05, 3.63) is 28.3 Å². The fourth-order valence-corrected chi connectivity index (χ4v) is 2.62. The summed E-state index contributed by atoms with van der Waals surface area (Å²) in [6.07, 6.45) is 1.37. The van der Waals surface area contributed by atoms with E-state index in [1.165, 1.54) is 19.2 Å². The molecule has 0 bridgehead atoms. The first-order valence-corrected chi connectivity index (χ1v) is 8.10. The Hall–Kier alpha value is -2.72. The topological polar surface area (TPSA) is 140 Å². The number of anilines is 1. The molecule has 0 spiro atoms. The maximum Gasteiger partial charge on any atom is 0.321 e. The average molecular weight is 367 g/mol. The number of nitro benzene ring substituents is 1. The number of hydrogen-bond donors (Lipinski definition) is 3. The SMILES string of the molecule is COc1ccc([N+](=O)[O-])cc1NC(=O)CC(NCC1CCCO1)C(=O)O. The van der Waals surface area contributed by atoms with Crippen molar-refractivity contribution >= 4 is 23.3 Å². The minimum absolute atomic E-state index is 0.0585. The molecule has 3 N–H and O–H groups in total. The summed E-state index contributed by atoms with van der Waals surface area (Å²) in [5.41, 5.74) is -0.109. The number of carbonyl (C=O) groups excluding carboxylic acids is 1. The van der Waals surface area contributed by atoms with E-state index in [0.717, 1.165) is 18.9 Å². The molecule has 26 heavy (non-hydrogen) atoms. The van der Waals surface area contributed by atoms with Crippen LogP contribution < -0.4 is 15.4 Å². The van der Waals surface area contributed by atoms with Gasteiger partial charge in [-0.05, 0) is 18.9 Å². The molecule has 1 aromatic rings. The average Bonchev–Trinajstić information content (AvgIpc) is 3.11. The number of methoxy groups -OCH3 is 1. The number of carboxylic acids is 1. The summed E-state index contributed by atoms with van der Waals surface area (Å²) in [6.45, 7) is 0.988. The van der Waals surface area contributed by atoms with Crippen LogP contribution in [0.3, 0.4) is 0 Å². The fraction of sp³-hybridized carbons (Fsp3) is 0.500. The Morgan fingerprint density at radius 2 is 2.27 bits per heavy atom. The summed E-state index contributed by atoms with van der Waals surface area (Å²) in [5.74, 6) is -1.52. The summed E-state index contributed by atoms with van der Waals surface area (Å²) in [5, 5.41) is 25.4. The molecule has 2 rings (SSSR count). The van der Waals surface area contributed by atoms with Crippen LogP contribution in [0.2, 0.25) is 0 Å². The lowest BCUT2D eigenvalue weighted by Crippen LogP contribution is -2.43. The number of carboxylic acid groups (broad SMARTS) is 1. The van der Waals surface area contributed by atoms with Crippen molar-refractivity contribution < 1.29 is 29.1 Å². The van der Waals surface area contributed by atoms with Crippen molar-refractivity contribution in [2.75, 3.05) is 25.6 Å². The van der Waals surface area contributed by atoms with Gasteiger partial charge in [0.1, 0.15) is 11.8 Å². The van der Waals surface area contributed by atoms with Crippen molar-refractivity contribution in [2.24, 2.45) is 0 Å². The van der Waals surface area contributed by atoms with E-state index in [9.17, 15) is 24.8 Å². The molecule has 1 fully saturated rings. The van der Waals surface area contributed by atoms with Gasteiger partial charge in [-0.3, -0.25) is 19.7 Å². The standard InChI is InChI=1S/C16H21N3O7/c1-25-14-5-4-10(19(23)24)7-12(14)18-15(20)8-13(16(21)22)17-9-11-3-2-6-26-11/h4-5,7,11,13,17H,2-3,6,8-9H2,1H3,(H,18,20)(H,21,22). The highest BCUT2D eigenvalue weighted by Gasteiger charge is 2.24. The third kappa shape index (κ3) is 5.39. The normalized spacial score (nSPS) is 17.5. The molecule has 2 atom stereocenters. The van der Waals surface area contributed by atoms with E-state index in [0.29, 0.717) is 13.2 Å². The molecule has 0 radical (unpaired) electrons. The van der Waals surface area contributed by atoms with Crippen molar-refractivity contribution in [3.8, 4) is 5.75 Å². The molecule has 10 heteroatoms. The first-order valence-electron chi connectivity index (χ1n) is 8.10. The molecule has 1 amide bonds. The van der Waals surface area contributed by atoms with Crippen LogP contribution in [-0.4, -0.2) is 54.3 Å². The van der Waals surface area contributed by atoms with Crippen LogP contribution in [0.1, 0.15) is 19.3 Å². The van der Waals surface area contributed by atoms with Gasteiger partial charge in [-0.15, -0.1) is 0 Å². The number of amides is 1. The minimum atomic E-state index is -1.16. The van der Waals surface area contributed by atoms with Gasteiger partial charge in [0, 0.05) is 25.3 Å². The van der Waals surface area contributed by atoms with E-state index in [1.807, 2.05) is 0 Å². The minimum Gasteiger partial charge on any atom is -0.495 e. The Morgan fingerprint density at radius 1 is 1.50 bits per heavy atom. The molecule has 1 saturated heterocycles. The van der Waals surface area contributed by atoms with Gasteiger partial charge in [-0.25, -0.2) is 0 Å². The third-order valence-electron chi connectivity index (χ3n) is 3.97. The highest BCUT2D eigenvalue weighted by Crippen LogP contribution is 2.29. The smallest absolute Gasteiger partial charge is 0.321 e. The molecule has 0 saturated carbocycles. The first kappa shape index (κ1) is 19.6. The Morgan fingerprint density at radius 3 is 2.85 bits per heavy atom. The lowest BCUT2D eigenvalue weighted by molar-refractivity contribution is -0.384. The predicted molar refractivity (Wildman–Crippen MR) is 91.3 cm³/mol. The zero-order chi connectivity index (χ0) is 19.1. The number of carbonyl (C=O) groups is 2. The van der Waals surface area contributed by atoms with E-state index in [2.05, 4.69) is 10.6 Å². The summed E-state index contributed by atoms with van der Waals surface area (Å²) in [6, 6.07) is 2.67. The quantitative estimate of drug-likeness (QED) is 0.436. The van der Waals surface area contributed by atoms with E-state index >= 15 is 0 Å². The van der Waals surface area contributed by atoms with Gasteiger partial charge < -0.3 is 25.2 Å². The summed E-state index contributed by atoms with van der Waals surface area (Å²) in [4.78, 5) is 33.8. The number of ether oxygens (including phenoxy) is 2. The second kappa shape index (κ2) is 9.11. The Bertz CT molecular complexity index is 674. The highest BCUT2D eigenvalue weighted by atomic mass is 16.6. The molecule has 0 aromatic heterocycles. The Balaban J connectivity index is 1.99. The van der Waals surface area contributed by atoms with Gasteiger partial charge in [-0.1, -0.05) is 0 Å². The lowest BCUT2D eigenvalue weighted by Gasteiger charge is -2.17. The lowest BCUT2D eigenvalue weighted by atomic mass is 10.1. The van der Waals surface area contributed by atoms with Gasteiger partial charge >= 0.3 is 5.97 Å². The molecular formula is C16H21N3O7. The molecule has 142 valence electrons. The monoisotopic (exact) mass is 367 g/mol. The number of nitro groups is 1. The van der Waals surface area contributed by atoms with Crippen LogP contribution in [0.5, 0.6) is 5.75 Å². The fourth-order valence-electron chi connectivity index (χ4n) is 2.62. The second-order valence-corrected chi connectivity index (χ2v) is 5.83. The number of nitrogens with zero attached hydrogens (tertiary/aromatic N) is 1. The first-order chi connectivity index (χ1) is 12.4. The number of benzene rings is 1. The molecular weight excluding hydrogens is 346 g/mol. The van der Waals surface area contributed by atoms with Crippen LogP contribution >= 0.6 is 0 Å². The van der Waals surface area contributed by atoms with Gasteiger partial charge in [0.05, 0.1) is 30.2 Å². The van der Waals surface area contributed by atoms with Crippen LogP contribution in [0, 0.1) is 10.1 Å². The van der Waals surface area contributed by atoms with Crippen LogP contribution in [-0.2, 0) is 14.3 Å².